The van der Waals surface area contributed by atoms with E-state index in [1.54, 1.807) is 7.11 Å². The number of alkyl halides is 1. The molecule has 0 spiro atoms. The molecule has 0 aromatic heterocycles. The average Bonchev–Trinajstić information content (AvgIpc) is 2.34. The number of halogens is 2. The molecule has 0 heterocycles. The van der Waals surface area contributed by atoms with Crippen molar-refractivity contribution in [2.45, 2.75) is 38.7 Å². The summed E-state index contributed by atoms with van der Waals surface area (Å²) in [7, 11) is 1.79. The van der Waals surface area contributed by atoms with Crippen LogP contribution in [0.4, 0.5) is 0 Å². The molecule has 0 aliphatic rings. The van der Waals surface area contributed by atoms with Gasteiger partial charge in [-0.05, 0) is 56.7 Å². The number of ether oxygens (including phenoxy) is 1. The van der Waals surface area contributed by atoms with Gasteiger partial charge in [0.25, 0.3) is 0 Å². The molecule has 0 saturated heterocycles. The number of hydrogen-bond donors (Lipinski definition) is 0. The highest BCUT2D eigenvalue weighted by atomic mass is 79.9. The van der Waals surface area contributed by atoms with Crippen molar-refractivity contribution in [2.75, 3.05) is 12.4 Å². The van der Waals surface area contributed by atoms with Crippen LogP contribution in [0.25, 0.3) is 0 Å². The second kappa shape index (κ2) is 7.66. The Kier molecular flexibility index (Phi) is 6.89. The first-order valence-corrected chi connectivity index (χ1v) is 8.24. The Bertz CT molecular complexity index is 363. The molecule has 18 heavy (non-hydrogen) atoms. The van der Waals surface area contributed by atoms with Crippen molar-refractivity contribution in [1.29, 1.82) is 0 Å². The number of methoxy groups -OCH3 is 1. The SMILES string of the molecule is COC(C)(C)CCC(CBr)Cc1cccc(Br)c1. The van der Waals surface area contributed by atoms with Gasteiger partial charge in [0, 0.05) is 16.9 Å². The smallest absolute Gasteiger partial charge is 0.0622 e. The predicted molar refractivity (Wildman–Crippen MR) is 85.5 cm³/mol. The van der Waals surface area contributed by atoms with E-state index in [0.29, 0.717) is 5.92 Å². The van der Waals surface area contributed by atoms with Gasteiger partial charge in [0.05, 0.1) is 5.60 Å². The third kappa shape index (κ3) is 5.85. The Labute approximate surface area is 128 Å². The van der Waals surface area contributed by atoms with Crippen LogP contribution >= 0.6 is 31.9 Å². The summed E-state index contributed by atoms with van der Waals surface area (Å²) < 4.78 is 6.64. The van der Waals surface area contributed by atoms with E-state index in [1.165, 1.54) is 12.0 Å². The summed E-state index contributed by atoms with van der Waals surface area (Å²) >= 11 is 7.15. The summed E-state index contributed by atoms with van der Waals surface area (Å²) in [5, 5.41) is 1.04. The molecule has 0 aliphatic carbocycles. The first-order chi connectivity index (χ1) is 8.46. The van der Waals surface area contributed by atoms with E-state index in [2.05, 4.69) is 70.0 Å². The summed E-state index contributed by atoms with van der Waals surface area (Å²) in [6.07, 6.45) is 3.39. The van der Waals surface area contributed by atoms with Crippen LogP contribution in [-0.2, 0) is 11.2 Å². The molecule has 0 amide bonds. The lowest BCUT2D eigenvalue weighted by atomic mass is 9.91. The fourth-order valence-corrected chi connectivity index (χ4v) is 2.88. The molecule has 3 heteroatoms. The van der Waals surface area contributed by atoms with E-state index < -0.39 is 0 Å². The van der Waals surface area contributed by atoms with Crippen LogP contribution in [0.15, 0.2) is 28.7 Å². The van der Waals surface area contributed by atoms with E-state index in [-0.39, 0.29) is 5.60 Å². The van der Waals surface area contributed by atoms with Gasteiger partial charge in [0.2, 0.25) is 0 Å². The first kappa shape index (κ1) is 16.2. The molecule has 0 radical (unpaired) electrons. The van der Waals surface area contributed by atoms with Gasteiger partial charge in [0.15, 0.2) is 0 Å². The van der Waals surface area contributed by atoms with Gasteiger partial charge in [-0.25, -0.2) is 0 Å². The molecule has 0 saturated carbocycles. The zero-order chi connectivity index (χ0) is 13.6. The van der Waals surface area contributed by atoms with Crippen molar-refractivity contribution in [2.24, 2.45) is 5.92 Å². The van der Waals surface area contributed by atoms with Gasteiger partial charge in [0.1, 0.15) is 0 Å². The Balaban J connectivity index is 2.52. The van der Waals surface area contributed by atoms with Crippen molar-refractivity contribution in [1.82, 2.24) is 0 Å². The first-order valence-electron chi connectivity index (χ1n) is 6.32. The molecule has 1 aromatic carbocycles. The van der Waals surface area contributed by atoms with Crippen LogP contribution < -0.4 is 0 Å². The molecule has 1 nitrogen and oxygen atoms in total. The minimum Gasteiger partial charge on any atom is -0.379 e. The molecule has 0 fully saturated rings. The monoisotopic (exact) mass is 376 g/mol. The lowest BCUT2D eigenvalue weighted by Gasteiger charge is -2.25. The Morgan fingerprint density at radius 3 is 2.61 bits per heavy atom. The highest BCUT2D eigenvalue weighted by Crippen LogP contribution is 2.24. The van der Waals surface area contributed by atoms with Crippen LogP contribution in [0.5, 0.6) is 0 Å². The minimum absolute atomic E-state index is 0.0162. The number of benzene rings is 1. The van der Waals surface area contributed by atoms with Crippen molar-refractivity contribution in [3.8, 4) is 0 Å². The zero-order valence-electron chi connectivity index (χ0n) is 11.4. The van der Waals surface area contributed by atoms with Crippen molar-refractivity contribution >= 4 is 31.9 Å². The van der Waals surface area contributed by atoms with Crippen molar-refractivity contribution in [3.05, 3.63) is 34.3 Å². The molecule has 1 atom stereocenters. The van der Waals surface area contributed by atoms with E-state index in [9.17, 15) is 0 Å². The molecule has 102 valence electrons. The number of rotatable bonds is 7. The largest absolute Gasteiger partial charge is 0.379 e. The molecular weight excluding hydrogens is 356 g/mol. The molecule has 0 bridgehead atoms. The second-order valence-electron chi connectivity index (χ2n) is 5.36. The minimum atomic E-state index is -0.0162. The van der Waals surface area contributed by atoms with Gasteiger partial charge in [-0.3, -0.25) is 0 Å². The standard InChI is InChI=1S/C15H22Br2O/c1-15(2,18-3)8-7-13(11-16)9-12-5-4-6-14(17)10-12/h4-6,10,13H,7-9,11H2,1-3H3. The summed E-state index contributed by atoms with van der Waals surface area (Å²) in [5.41, 5.74) is 1.38. The molecular formula is C15H22Br2O. The van der Waals surface area contributed by atoms with Crippen molar-refractivity contribution < 1.29 is 4.74 Å². The molecule has 0 N–H and O–H groups in total. The Morgan fingerprint density at radius 2 is 2.06 bits per heavy atom. The van der Waals surface area contributed by atoms with Gasteiger partial charge in [-0.1, -0.05) is 44.0 Å². The maximum absolute atomic E-state index is 5.48. The average molecular weight is 378 g/mol. The fourth-order valence-electron chi connectivity index (χ4n) is 1.88. The van der Waals surface area contributed by atoms with Crippen LogP contribution in [0.1, 0.15) is 32.3 Å². The van der Waals surface area contributed by atoms with E-state index in [4.69, 9.17) is 4.74 Å². The third-order valence-electron chi connectivity index (χ3n) is 3.34. The molecule has 1 unspecified atom stereocenters. The maximum Gasteiger partial charge on any atom is 0.0622 e. The van der Waals surface area contributed by atoms with Crippen LogP contribution in [0, 0.1) is 5.92 Å². The second-order valence-corrected chi connectivity index (χ2v) is 6.92. The topological polar surface area (TPSA) is 9.23 Å². The fraction of sp³-hybridized carbons (Fsp3) is 0.600. The van der Waals surface area contributed by atoms with Gasteiger partial charge in [-0.15, -0.1) is 0 Å². The highest BCUT2D eigenvalue weighted by molar-refractivity contribution is 9.10. The van der Waals surface area contributed by atoms with Gasteiger partial charge >= 0.3 is 0 Å². The molecule has 1 aromatic rings. The molecule has 0 aliphatic heterocycles. The maximum atomic E-state index is 5.48. The Hall–Kier alpha value is 0.140. The van der Waals surface area contributed by atoms with Crippen LogP contribution in [-0.4, -0.2) is 18.0 Å². The summed E-state index contributed by atoms with van der Waals surface area (Å²) in [4.78, 5) is 0. The van der Waals surface area contributed by atoms with Gasteiger partial charge in [-0.2, -0.15) is 0 Å². The van der Waals surface area contributed by atoms with Crippen LogP contribution in [0.3, 0.4) is 0 Å². The van der Waals surface area contributed by atoms with E-state index in [0.717, 1.165) is 22.6 Å². The lowest BCUT2D eigenvalue weighted by molar-refractivity contribution is 0.0110. The summed E-state index contributed by atoms with van der Waals surface area (Å²) in [6, 6.07) is 8.57. The third-order valence-corrected chi connectivity index (χ3v) is 4.75. The summed E-state index contributed by atoms with van der Waals surface area (Å²) in [5.74, 6) is 0.661. The quantitative estimate of drug-likeness (QED) is 0.592. The van der Waals surface area contributed by atoms with Gasteiger partial charge < -0.3 is 4.74 Å². The Morgan fingerprint density at radius 1 is 1.33 bits per heavy atom. The lowest BCUT2D eigenvalue weighted by Crippen LogP contribution is -2.24. The number of hydrogen-bond acceptors (Lipinski definition) is 1. The predicted octanol–water partition coefficient (Wildman–Crippen LogP) is 5.21. The van der Waals surface area contributed by atoms with Crippen molar-refractivity contribution in [3.63, 3.8) is 0 Å². The zero-order valence-corrected chi connectivity index (χ0v) is 14.6. The highest BCUT2D eigenvalue weighted by Gasteiger charge is 2.19. The summed E-state index contributed by atoms with van der Waals surface area (Å²) in [6.45, 7) is 4.30. The molecule has 1 rings (SSSR count). The van der Waals surface area contributed by atoms with E-state index >= 15 is 0 Å². The normalized spacial score (nSPS) is 13.6. The van der Waals surface area contributed by atoms with E-state index in [1.807, 2.05) is 0 Å². The van der Waals surface area contributed by atoms with Crippen LogP contribution in [0.2, 0.25) is 0 Å².